The maximum absolute atomic E-state index is 12.1. The summed E-state index contributed by atoms with van der Waals surface area (Å²) in [7, 11) is 0. The highest BCUT2D eigenvalue weighted by Crippen LogP contribution is 2.19. The van der Waals surface area contributed by atoms with Crippen molar-refractivity contribution >= 4 is 29.1 Å². The summed E-state index contributed by atoms with van der Waals surface area (Å²) in [5.41, 5.74) is 0.657. The number of amides is 2. The normalized spacial score (nSPS) is 27.7. The fourth-order valence-corrected chi connectivity index (χ4v) is 3.57. The number of hydrogen-bond donors (Lipinski definition) is 3. The summed E-state index contributed by atoms with van der Waals surface area (Å²) in [6.07, 6.45) is 4.72. The third-order valence-electron chi connectivity index (χ3n) is 4.48. The minimum absolute atomic E-state index is 0.0237. The number of quaternary nitrogens is 1. The minimum atomic E-state index is -0.335. The highest BCUT2D eigenvalue weighted by atomic mass is 35.5. The van der Waals surface area contributed by atoms with E-state index in [9.17, 15) is 9.59 Å². The summed E-state index contributed by atoms with van der Waals surface area (Å²) >= 11 is 5.90. The van der Waals surface area contributed by atoms with Crippen LogP contribution in [0.4, 0.5) is 5.69 Å². The number of hydrogen-bond acceptors (Lipinski definition) is 2. The lowest BCUT2D eigenvalue weighted by Gasteiger charge is -2.37. The van der Waals surface area contributed by atoms with E-state index in [4.69, 9.17) is 11.6 Å². The average Bonchev–Trinajstić information content (AvgIpc) is 2.48. The molecule has 0 bridgehead atoms. The van der Waals surface area contributed by atoms with Crippen molar-refractivity contribution < 1.29 is 14.9 Å². The number of piperazine rings is 1. The van der Waals surface area contributed by atoms with Crippen LogP contribution in [-0.4, -0.2) is 29.9 Å². The van der Waals surface area contributed by atoms with Gasteiger partial charge in [0.25, 0.3) is 5.91 Å². The molecule has 1 aromatic rings. The quantitative estimate of drug-likeness (QED) is 0.778. The van der Waals surface area contributed by atoms with Crippen molar-refractivity contribution in [2.45, 2.75) is 50.2 Å². The first-order valence-corrected chi connectivity index (χ1v) is 8.20. The largest absolute Gasteiger partial charge is 0.342 e. The molecule has 4 N–H and O–H groups in total. The third-order valence-corrected chi connectivity index (χ3v) is 4.71. The molecule has 22 heavy (non-hydrogen) atoms. The molecule has 1 saturated carbocycles. The molecule has 1 aliphatic carbocycles. The van der Waals surface area contributed by atoms with Crippen molar-refractivity contribution in [2.24, 2.45) is 0 Å². The maximum Gasteiger partial charge on any atom is 0.279 e. The Balaban J connectivity index is 1.57. The van der Waals surface area contributed by atoms with Gasteiger partial charge in [-0.2, -0.15) is 0 Å². The number of nitrogens with two attached hydrogens (primary N) is 1. The Bertz CT molecular complexity index is 578. The molecule has 1 heterocycles. The Labute approximate surface area is 134 Å². The highest BCUT2D eigenvalue weighted by Gasteiger charge is 2.40. The number of carbonyl (C=O) groups excluding carboxylic acids is 2. The Morgan fingerprint density at radius 1 is 1.36 bits per heavy atom. The molecule has 3 rings (SSSR count). The molecule has 1 saturated heterocycles. The van der Waals surface area contributed by atoms with Crippen LogP contribution >= 0.6 is 11.6 Å². The van der Waals surface area contributed by atoms with E-state index < -0.39 is 0 Å². The van der Waals surface area contributed by atoms with Crippen LogP contribution in [0.15, 0.2) is 24.3 Å². The van der Waals surface area contributed by atoms with Crippen molar-refractivity contribution in [3.63, 3.8) is 0 Å². The van der Waals surface area contributed by atoms with Gasteiger partial charge in [0, 0.05) is 17.1 Å². The van der Waals surface area contributed by atoms with E-state index in [1.54, 1.807) is 24.3 Å². The van der Waals surface area contributed by atoms with E-state index in [1.807, 2.05) is 0 Å². The Morgan fingerprint density at radius 2 is 2.18 bits per heavy atom. The summed E-state index contributed by atoms with van der Waals surface area (Å²) < 4.78 is 0. The fraction of sp³-hybridized carbons (Fsp3) is 0.500. The molecule has 2 fully saturated rings. The fourth-order valence-electron chi connectivity index (χ4n) is 3.38. The Morgan fingerprint density at radius 3 is 3.00 bits per heavy atom. The lowest BCUT2D eigenvalue weighted by atomic mass is 9.87. The highest BCUT2D eigenvalue weighted by molar-refractivity contribution is 6.30. The van der Waals surface area contributed by atoms with Crippen LogP contribution < -0.4 is 16.0 Å². The lowest BCUT2D eigenvalue weighted by molar-refractivity contribution is -0.718. The summed E-state index contributed by atoms with van der Waals surface area (Å²) in [5.74, 6) is -0.183. The van der Waals surface area contributed by atoms with Gasteiger partial charge in [-0.1, -0.05) is 24.1 Å². The SMILES string of the molecule is O=C(C[C@@H]1[NH2+][C@H]2CCCC[C@H]2NC1=O)Nc1cccc(Cl)c1. The molecule has 0 radical (unpaired) electrons. The van der Waals surface area contributed by atoms with Gasteiger partial charge in [-0.15, -0.1) is 0 Å². The number of anilines is 1. The van der Waals surface area contributed by atoms with Crippen molar-refractivity contribution in [2.75, 3.05) is 5.32 Å². The third kappa shape index (κ3) is 3.59. The van der Waals surface area contributed by atoms with E-state index in [2.05, 4.69) is 16.0 Å². The molecule has 6 heteroatoms. The van der Waals surface area contributed by atoms with Crippen LogP contribution in [0.3, 0.4) is 0 Å². The molecule has 2 aliphatic rings. The van der Waals surface area contributed by atoms with Crippen LogP contribution in [0.1, 0.15) is 32.1 Å². The summed E-state index contributed by atoms with van der Waals surface area (Å²) in [6, 6.07) is 7.36. The van der Waals surface area contributed by atoms with Crippen LogP contribution in [0.2, 0.25) is 5.02 Å². The van der Waals surface area contributed by atoms with Crippen molar-refractivity contribution in [1.82, 2.24) is 5.32 Å². The van der Waals surface area contributed by atoms with E-state index in [0.717, 1.165) is 12.8 Å². The number of carbonyl (C=O) groups is 2. The van der Waals surface area contributed by atoms with Crippen LogP contribution in [-0.2, 0) is 9.59 Å². The van der Waals surface area contributed by atoms with E-state index in [1.165, 1.54) is 12.8 Å². The topological polar surface area (TPSA) is 74.8 Å². The summed E-state index contributed by atoms with van der Waals surface area (Å²) in [5, 5.41) is 8.53. The van der Waals surface area contributed by atoms with E-state index in [0.29, 0.717) is 16.8 Å². The number of nitrogens with one attached hydrogen (secondary N) is 2. The molecular formula is C16H21ClN3O2+. The van der Waals surface area contributed by atoms with Gasteiger partial charge >= 0.3 is 0 Å². The van der Waals surface area contributed by atoms with Gasteiger partial charge in [0.2, 0.25) is 5.91 Å². The first-order chi connectivity index (χ1) is 10.6. The summed E-state index contributed by atoms with van der Waals surface area (Å²) in [4.78, 5) is 24.3. The second-order valence-electron chi connectivity index (χ2n) is 6.12. The van der Waals surface area contributed by atoms with Crippen LogP contribution in [0.25, 0.3) is 0 Å². The second-order valence-corrected chi connectivity index (χ2v) is 6.56. The van der Waals surface area contributed by atoms with Crippen LogP contribution in [0, 0.1) is 0 Å². The van der Waals surface area contributed by atoms with E-state index in [-0.39, 0.29) is 30.3 Å². The molecule has 1 aliphatic heterocycles. The van der Waals surface area contributed by atoms with Crippen LogP contribution in [0.5, 0.6) is 0 Å². The minimum Gasteiger partial charge on any atom is -0.342 e. The van der Waals surface area contributed by atoms with Gasteiger partial charge in [-0.25, -0.2) is 0 Å². The molecule has 1 aromatic carbocycles. The Kier molecular flexibility index (Phi) is 4.64. The molecule has 0 aromatic heterocycles. The zero-order chi connectivity index (χ0) is 15.5. The zero-order valence-electron chi connectivity index (χ0n) is 12.3. The number of rotatable bonds is 3. The van der Waals surface area contributed by atoms with Crippen molar-refractivity contribution in [3.8, 4) is 0 Å². The lowest BCUT2D eigenvalue weighted by Crippen LogP contribution is -3.03. The van der Waals surface area contributed by atoms with Gasteiger partial charge in [0.15, 0.2) is 6.04 Å². The smallest absolute Gasteiger partial charge is 0.279 e. The van der Waals surface area contributed by atoms with E-state index >= 15 is 0 Å². The number of fused-ring (bicyclic) bond motifs is 1. The van der Waals surface area contributed by atoms with Gasteiger partial charge in [-0.3, -0.25) is 9.59 Å². The number of benzene rings is 1. The predicted octanol–water partition coefficient (Wildman–Crippen LogP) is 1.04. The molecular weight excluding hydrogens is 302 g/mol. The zero-order valence-corrected chi connectivity index (χ0v) is 13.1. The molecule has 2 amide bonds. The van der Waals surface area contributed by atoms with Gasteiger partial charge in [0.1, 0.15) is 6.04 Å². The van der Waals surface area contributed by atoms with Gasteiger partial charge in [-0.05, 0) is 31.0 Å². The van der Waals surface area contributed by atoms with Crippen molar-refractivity contribution in [1.29, 1.82) is 0 Å². The Hall–Kier alpha value is -1.59. The molecule has 5 nitrogen and oxygen atoms in total. The average molecular weight is 323 g/mol. The molecule has 0 unspecified atom stereocenters. The first-order valence-electron chi connectivity index (χ1n) is 7.82. The monoisotopic (exact) mass is 322 g/mol. The molecule has 118 valence electrons. The first kappa shape index (κ1) is 15.3. The maximum atomic E-state index is 12.1. The second kappa shape index (κ2) is 6.67. The summed E-state index contributed by atoms with van der Waals surface area (Å²) in [6.45, 7) is 0. The molecule has 3 atom stereocenters. The number of halogens is 1. The predicted molar refractivity (Wildman–Crippen MR) is 84.6 cm³/mol. The van der Waals surface area contributed by atoms with Gasteiger partial charge in [0.05, 0.1) is 12.5 Å². The van der Waals surface area contributed by atoms with Crippen molar-refractivity contribution in [3.05, 3.63) is 29.3 Å². The standard InChI is InChI=1S/C16H20ClN3O2/c17-10-4-3-5-11(8-10)18-15(21)9-14-16(22)20-13-7-2-1-6-12(13)19-14/h3-5,8,12-14,19H,1-2,6-7,9H2,(H,18,21)(H,20,22)/p+1/t12-,13+,14-/m0/s1. The molecule has 0 spiro atoms. The van der Waals surface area contributed by atoms with Gasteiger partial charge < -0.3 is 16.0 Å².